The predicted molar refractivity (Wildman–Crippen MR) is 126 cm³/mol. The molecule has 2 aromatic carbocycles. The second-order valence-electron chi connectivity index (χ2n) is 8.79. The standard InChI is InChI=1S/C26H32N2O5/c1-4-9-17(14-23(29)28-24(16(2)3)25(30)31)27-26(32)33-15-22-20-12-7-5-10-18(20)19-11-6-8-13-21(19)22/h5-8,10-13,16-17,22,24H,4,9,14-15H2,1-3H3,(H,27,32)(H,28,29)(H,30,31)/t17-,24?/m1/s1. The molecule has 0 radical (unpaired) electrons. The minimum atomic E-state index is -1.07. The molecule has 0 heterocycles. The van der Waals surface area contributed by atoms with Crippen molar-refractivity contribution in [1.82, 2.24) is 10.6 Å². The molecule has 0 saturated heterocycles. The minimum absolute atomic E-state index is 0.00542. The first-order valence-corrected chi connectivity index (χ1v) is 11.5. The van der Waals surface area contributed by atoms with Crippen LogP contribution in [0.5, 0.6) is 0 Å². The van der Waals surface area contributed by atoms with Gasteiger partial charge in [-0.3, -0.25) is 4.79 Å². The van der Waals surface area contributed by atoms with Gasteiger partial charge >= 0.3 is 12.1 Å². The summed E-state index contributed by atoms with van der Waals surface area (Å²) in [5, 5.41) is 14.6. The zero-order chi connectivity index (χ0) is 24.0. The molecule has 2 amide bonds. The van der Waals surface area contributed by atoms with Crippen LogP contribution in [0.1, 0.15) is 57.1 Å². The van der Waals surface area contributed by atoms with E-state index in [0.717, 1.165) is 28.7 Å². The van der Waals surface area contributed by atoms with Crippen LogP contribution in [0.25, 0.3) is 11.1 Å². The number of aliphatic carboxylic acids is 1. The number of alkyl carbamates (subject to hydrolysis) is 1. The quantitative estimate of drug-likeness (QED) is 0.498. The topological polar surface area (TPSA) is 105 Å². The van der Waals surface area contributed by atoms with E-state index in [0.29, 0.717) is 6.42 Å². The molecule has 0 aliphatic heterocycles. The van der Waals surface area contributed by atoms with Gasteiger partial charge in [-0.15, -0.1) is 0 Å². The number of rotatable bonds is 10. The van der Waals surface area contributed by atoms with Crippen molar-refractivity contribution in [3.05, 3.63) is 59.7 Å². The largest absolute Gasteiger partial charge is 0.480 e. The number of hydrogen-bond donors (Lipinski definition) is 3. The molecule has 1 unspecified atom stereocenters. The molecule has 0 saturated carbocycles. The molecular weight excluding hydrogens is 420 g/mol. The number of amides is 2. The van der Waals surface area contributed by atoms with E-state index in [2.05, 4.69) is 34.9 Å². The Bertz CT molecular complexity index is 958. The second-order valence-corrected chi connectivity index (χ2v) is 8.79. The summed E-state index contributed by atoms with van der Waals surface area (Å²) in [5.41, 5.74) is 4.57. The monoisotopic (exact) mass is 452 g/mol. The van der Waals surface area contributed by atoms with Crippen molar-refractivity contribution in [3.8, 4) is 11.1 Å². The molecule has 176 valence electrons. The lowest BCUT2D eigenvalue weighted by molar-refractivity contribution is -0.143. The van der Waals surface area contributed by atoms with E-state index < -0.39 is 30.1 Å². The Kier molecular flexibility index (Phi) is 8.09. The van der Waals surface area contributed by atoms with Gasteiger partial charge in [0.15, 0.2) is 0 Å². The second kappa shape index (κ2) is 11.0. The number of carbonyl (C=O) groups is 3. The van der Waals surface area contributed by atoms with E-state index in [1.54, 1.807) is 13.8 Å². The molecule has 2 atom stereocenters. The van der Waals surface area contributed by atoms with Crippen LogP contribution < -0.4 is 10.6 Å². The van der Waals surface area contributed by atoms with Crippen molar-refractivity contribution >= 4 is 18.0 Å². The Morgan fingerprint density at radius 2 is 1.55 bits per heavy atom. The summed E-state index contributed by atoms with van der Waals surface area (Å²) in [4.78, 5) is 36.3. The van der Waals surface area contributed by atoms with Crippen molar-refractivity contribution in [1.29, 1.82) is 0 Å². The van der Waals surface area contributed by atoms with Gasteiger partial charge in [0.25, 0.3) is 0 Å². The maximum absolute atomic E-state index is 12.6. The third kappa shape index (κ3) is 5.92. The van der Waals surface area contributed by atoms with E-state index in [9.17, 15) is 19.5 Å². The highest BCUT2D eigenvalue weighted by Crippen LogP contribution is 2.44. The van der Waals surface area contributed by atoms with Crippen LogP contribution in [0.15, 0.2) is 48.5 Å². The van der Waals surface area contributed by atoms with Crippen molar-refractivity contribution in [2.75, 3.05) is 6.61 Å². The van der Waals surface area contributed by atoms with Gasteiger partial charge in [-0.2, -0.15) is 0 Å². The Morgan fingerprint density at radius 3 is 2.06 bits per heavy atom. The van der Waals surface area contributed by atoms with Crippen molar-refractivity contribution in [2.45, 2.75) is 58.0 Å². The highest BCUT2D eigenvalue weighted by Gasteiger charge is 2.30. The number of carbonyl (C=O) groups excluding carboxylic acids is 2. The van der Waals surface area contributed by atoms with Crippen LogP contribution in [0.4, 0.5) is 4.79 Å². The van der Waals surface area contributed by atoms with Crippen LogP contribution in [0.2, 0.25) is 0 Å². The van der Waals surface area contributed by atoms with Gasteiger partial charge < -0.3 is 20.5 Å². The molecular formula is C26H32N2O5. The van der Waals surface area contributed by atoms with Crippen molar-refractivity contribution in [2.24, 2.45) is 5.92 Å². The third-order valence-electron chi connectivity index (χ3n) is 5.98. The molecule has 7 heteroatoms. The molecule has 1 aliphatic carbocycles. The summed E-state index contributed by atoms with van der Waals surface area (Å²) in [6.45, 7) is 5.62. The fraction of sp³-hybridized carbons (Fsp3) is 0.423. The number of hydrogen-bond acceptors (Lipinski definition) is 4. The van der Waals surface area contributed by atoms with Crippen LogP contribution in [0, 0.1) is 5.92 Å². The fourth-order valence-electron chi connectivity index (χ4n) is 4.35. The average Bonchev–Trinajstić information content (AvgIpc) is 3.09. The zero-order valence-electron chi connectivity index (χ0n) is 19.3. The van der Waals surface area contributed by atoms with E-state index in [1.807, 2.05) is 31.2 Å². The zero-order valence-corrected chi connectivity index (χ0v) is 19.3. The molecule has 2 aromatic rings. The Morgan fingerprint density at radius 1 is 0.970 bits per heavy atom. The molecule has 33 heavy (non-hydrogen) atoms. The van der Waals surface area contributed by atoms with Crippen LogP contribution in [0.3, 0.4) is 0 Å². The van der Waals surface area contributed by atoms with Gasteiger partial charge in [-0.05, 0) is 34.6 Å². The molecule has 0 bridgehead atoms. The first-order chi connectivity index (χ1) is 15.8. The molecule has 0 spiro atoms. The van der Waals surface area contributed by atoms with Gasteiger partial charge in [-0.1, -0.05) is 75.7 Å². The average molecular weight is 453 g/mol. The Balaban J connectivity index is 1.59. The number of fused-ring (bicyclic) bond motifs is 3. The summed E-state index contributed by atoms with van der Waals surface area (Å²) >= 11 is 0. The third-order valence-corrected chi connectivity index (χ3v) is 5.98. The summed E-state index contributed by atoms with van der Waals surface area (Å²) in [5.74, 6) is -1.77. The number of carboxylic acids is 1. The van der Waals surface area contributed by atoms with E-state index in [-0.39, 0.29) is 24.9 Å². The molecule has 0 aromatic heterocycles. The number of ether oxygens (including phenoxy) is 1. The van der Waals surface area contributed by atoms with Crippen molar-refractivity contribution in [3.63, 3.8) is 0 Å². The van der Waals surface area contributed by atoms with Crippen LogP contribution >= 0.6 is 0 Å². The molecule has 0 fully saturated rings. The van der Waals surface area contributed by atoms with Gasteiger partial charge in [0, 0.05) is 18.4 Å². The Hall–Kier alpha value is -3.35. The minimum Gasteiger partial charge on any atom is -0.480 e. The lowest BCUT2D eigenvalue weighted by Crippen LogP contribution is -2.47. The summed E-state index contributed by atoms with van der Waals surface area (Å²) in [7, 11) is 0. The highest BCUT2D eigenvalue weighted by molar-refractivity contribution is 5.84. The van der Waals surface area contributed by atoms with Gasteiger partial charge in [-0.25, -0.2) is 9.59 Å². The number of nitrogens with one attached hydrogen (secondary N) is 2. The van der Waals surface area contributed by atoms with Gasteiger partial charge in [0.05, 0.1) is 0 Å². The van der Waals surface area contributed by atoms with E-state index in [4.69, 9.17) is 4.74 Å². The lowest BCUT2D eigenvalue weighted by Gasteiger charge is -2.22. The number of benzene rings is 2. The van der Waals surface area contributed by atoms with Crippen molar-refractivity contribution < 1.29 is 24.2 Å². The molecule has 7 nitrogen and oxygen atoms in total. The van der Waals surface area contributed by atoms with Crippen LogP contribution in [-0.4, -0.2) is 41.8 Å². The lowest BCUT2D eigenvalue weighted by atomic mass is 9.98. The Labute approximate surface area is 194 Å². The predicted octanol–water partition coefficient (Wildman–Crippen LogP) is 4.31. The SMILES string of the molecule is CCC[C@H](CC(=O)NC(C(=O)O)C(C)C)NC(=O)OCC1c2ccccc2-c2ccccc21. The fourth-order valence-corrected chi connectivity index (χ4v) is 4.35. The molecule has 1 aliphatic rings. The smallest absolute Gasteiger partial charge is 0.407 e. The maximum atomic E-state index is 12.6. The summed E-state index contributed by atoms with van der Waals surface area (Å²) in [6.07, 6.45) is 0.751. The molecule has 3 N–H and O–H groups in total. The molecule has 3 rings (SSSR count). The normalized spacial score (nSPS) is 14.2. The summed E-state index contributed by atoms with van der Waals surface area (Å²) < 4.78 is 5.58. The summed E-state index contributed by atoms with van der Waals surface area (Å²) in [6, 6.07) is 14.8. The van der Waals surface area contributed by atoms with Crippen LogP contribution in [-0.2, 0) is 14.3 Å². The van der Waals surface area contributed by atoms with E-state index in [1.165, 1.54) is 0 Å². The van der Waals surface area contributed by atoms with Gasteiger partial charge in [0.1, 0.15) is 12.6 Å². The maximum Gasteiger partial charge on any atom is 0.407 e. The first kappa shape index (κ1) is 24.3. The van der Waals surface area contributed by atoms with E-state index >= 15 is 0 Å². The highest BCUT2D eigenvalue weighted by atomic mass is 16.5. The number of carboxylic acid groups (broad SMARTS) is 1. The first-order valence-electron chi connectivity index (χ1n) is 11.5. The van der Waals surface area contributed by atoms with Gasteiger partial charge in [0.2, 0.25) is 5.91 Å².